The molecular formula is C11H18N4O2. The van der Waals surface area contributed by atoms with E-state index in [4.69, 9.17) is 10.5 Å². The van der Waals surface area contributed by atoms with Crippen LogP contribution < -0.4 is 5.73 Å². The van der Waals surface area contributed by atoms with Crippen molar-refractivity contribution in [3.8, 4) is 0 Å². The number of carbonyl (C=O) groups is 1. The summed E-state index contributed by atoms with van der Waals surface area (Å²) in [5, 5.41) is 4.16. The number of hydrogen-bond donors (Lipinski definition) is 1. The number of rotatable bonds is 1. The summed E-state index contributed by atoms with van der Waals surface area (Å²) >= 11 is 0. The molecule has 0 aromatic carbocycles. The first kappa shape index (κ1) is 11.9. The second kappa shape index (κ2) is 4.37. The van der Waals surface area contributed by atoms with E-state index in [1.165, 1.54) is 0 Å². The molecule has 0 aliphatic carbocycles. The first-order valence-electron chi connectivity index (χ1n) is 5.70. The molecule has 0 radical (unpaired) electrons. The quantitative estimate of drug-likeness (QED) is 0.757. The van der Waals surface area contributed by atoms with Crippen LogP contribution in [0.15, 0.2) is 0 Å². The van der Waals surface area contributed by atoms with Crippen LogP contribution in [0.25, 0.3) is 0 Å². The standard InChI is InChI=1S/C11H18N4O2/c1-7-6-17-5-4-15(7)11(16)10-9(12)8(2)13-14(10)3/h7H,4-6,12H2,1-3H3. The third kappa shape index (κ3) is 2.00. The summed E-state index contributed by atoms with van der Waals surface area (Å²) in [5.41, 5.74) is 7.52. The minimum Gasteiger partial charge on any atom is -0.395 e. The van der Waals surface area contributed by atoms with E-state index in [1.807, 2.05) is 6.92 Å². The highest BCUT2D eigenvalue weighted by Crippen LogP contribution is 2.19. The summed E-state index contributed by atoms with van der Waals surface area (Å²) in [7, 11) is 1.74. The van der Waals surface area contributed by atoms with Gasteiger partial charge in [0.1, 0.15) is 5.69 Å². The Bertz CT molecular complexity index is 441. The number of hydrogen-bond acceptors (Lipinski definition) is 4. The molecule has 0 saturated carbocycles. The molecule has 1 aliphatic rings. The van der Waals surface area contributed by atoms with Gasteiger partial charge in [0.05, 0.1) is 30.6 Å². The summed E-state index contributed by atoms with van der Waals surface area (Å²) in [6, 6.07) is 0.0749. The fraction of sp³-hybridized carbons (Fsp3) is 0.636. The minimum atomic E-state index is -0.0681. The second-order valence-electron chi connectivity index (χ2n) is 4.39. The third-order valence-electron chi connectivity index (χ3n) is 3.10. The van der Waals surface area contributed by atoms with Gasteiger partial charge in [0.25, 0.3) is 5.91 Å². The average molecular weight is 238 g/mol. The van der Waals surface area contributed by atoms with Crippen molar-refractivity contribution in [2.75, 3.05) is 25.5 Å². The lowest BCUT2D eigenvalue weighted by molar-refractivity contribution is 0.00307. The number of anilines is 1. The van der Waals surface area contributed by atoms with Crippen molar-refractivity contribution in [3.63, 3.8) is 0 Å². The number of nitrogen functional groups attached to an aromatic ring is 1. The largest absolute Gasteiger partial charge is 0.395 e. The molecule has 17 heavy (non-hydrogen) atoms. The maximum atomic E-state index is 12.4. The van der Waals surface area contributed by atoms with Crippen molar-refractivity contribution in [3.05, 3.63) is 11.4 Å². The monoisotopic (exact) mass is 238 g/mol. The molecule has 1 fully saturated rings. The predicted octanol–water partition coefficient (Wildman–Crippen LogP) is 0.172. The third-order valence-corrected chi connectivity index (χ3v) is 3.10. The molecule has 2 heterocycles. The van der Waals surface area contributed by atoms with Crippen LogP contribution in [0.2, 0.25) is 0 Å². The minimum absolute atomic E-state index is 0.0681. The molecule has 1 atom stereocenters. The first-order chi connectivity index (χ1) is 8.02. The molecule has 2 rings (SSSR count). The molecule has 0 bridgehead atoms. The first-order valence-corrected chi connectivity index (χ1v) is 5.70. The maximum absolute atomic E-state index is 12.4. The number of nitrogens with zero attached hydrogens (tertiary/aromatic N) is 3. The van der Waals surface area contributed by atoms with Gasteiger partial charge in [-0.2, -0.15) is 5.10 Å². The lowest BCUT2D eigenvalue weighted by Crippen LogP contribution is -2.47. The lowest BCUT2D eigenvalue weighted by Gasteiger charge is -2.33. The molecule has 94 valence electrons. The van der Waals surface area contributed by atoms with Crippen LogP contribution >= 0.6 is 0 Å². The Balaban J connectivity index is 2.30. The van der Waals surface area contributed by atoms with Gasteiger partial charge in [-0.1, -0.05) is 0 Å². The Morgan fingerprint density at radius 2 is 2.29 bits per heavy atom. The number of ether oxygens (including phenoxy) is 1. The Kier molecular flexibility index (Phi) is 3.06. The molecule has 1 aromatic heterocycles. The number of nitrogens with two attached hydrogens (primary N) is 1. The van der Waals surface area contributed by atoms with Crippen molar-refractivity contribution < 1.29 is 9.53 Å². The molecule has 1 saturated heterocycles. The van der Waals surface area contributed by atoms with Gasteiger partial charge >= 0.3 is 0 Å². The molecule has 1 aromatic rings. The van der Waals surface area contributed by atoms with Crippen molar-refractivity contribution in [2.24, 2.45) is 7.05 Å². The molecular weight excluding hydrogens is 220 g/mol. The normalized spacial score (nSPS) is 20.6. The van der Waals surface area contributed by atoms with Gasteiger partial charge in [0.2, 0.25) is 0 Å². The van der Waals surface area contributed by atoms with E-state index < -0.39 is 0 Å². The highest BCUT2D eigenvalue weighted by molar-refractivity contribution is 5.98. The maximum Gasteiger partial charge on any atom is 0.274 e. The van der Waals surface area contributed by atoms with Gasteiger partial charge < -0.3 is 15.4 Å². The zero-order valence-electron chi connectivity index (χ0n) is 10.4. The highest BCUT2D eigenvalue weighted by Gasteiger charge is 2.28. The zero-order chi connectivity index (χ0) is 12.6. The van der Waals surface area contributed by atoms with Gasteiger partial charge in [-0.3, -0.25) is 9.48 Å². The smallest absolute Gasteiger partial charge is 0.274 e. The van der Waals surface area contributed by atoms with Crippen molar-refractivity contribution >= 4 is 11.6 Å². The zero-order valence-corrected chi connectivity index (χ0v) is 10.4. The van der Waals surface area contributed by atoms with E-state index >= 15 is 0 Å². The number of aryl methyl sites for hydroxylation is 2. The van der Waals surface area contributed by atoms with E-state index in [2.05, 4.69) is 5.10 Å². The van der Waals surface area contributed by atoms with Gasteiger partial charge in [0.15, 0.2) is 0 Å². The van der Waals surface area contributed by atoms with Crippen LogP contribution in [0, 0.1) is 6.92 Å². The van der Waals surface area contributed by atoms with Crippen LogP contribution in [-0.2, 0) is 11.8 Å². The number of morpholine rings is 1. The van der Waals surface area contributed by atoms with E-state index in [9.17, 15) is 4.79 Å². The summed E-state index contributed by atoms with van der Waals surface area (Å²) in [4.78, 5) is 14.2. The molecule has 1 unspecified atom stereocenters. The average Bonchev–Trinajstić information content (AvgIpc) is 2.53. The highest BCUT2D eigenvalue weighted by atomic mass is 16.5. The van der Waals surface area contributed by atoms with Crippen LogP contribution in [-0.4, -0.2) is 46.4 Å². The van der Waals surface area contributed by atoms with E-state index in [1.54, 1.807) is 23.6 Å². The summed E-state index contributed by atoms with van der Waals surface area (Å²) < 4.78 is 6.87. The summed E-state index contributed by atoms with van der Waals surface area (Å²) in [5.74, 6) is -0.0681. The number of amides is 1. The predicted molar refractivity (Wildman–Crippen MR) is 63.7 cm³/mol. The summed E-state index contributed by atoms with van der Waals surface area (Å²) in [6.07, 6.45) is 0. The van der Waals surface area contributed by atoms with Gasteiger partial charge in [-0.15, -0.1) is 0 Å². The van der Waals surface area contributed by atoms with Crippen LogP contribution in [0.3, 0.4) is 0 Å². The molecule has 2 N–H and O–H groups in total. The van der Waals surface area contributed by atoms with E-state index in [-0.39, 0.29) is 11.9 Å². The molecule has 6 nitrogen and oxygen atoms in total. The SMILES string of the molecule is Cc1nn(C)c(C(=O)N2CCOCC2C)c1N. The van der Waals surface area contributed by atoms with Crippen LogP contribution in [0.4, 0.5) is 5.69 Å². The molecule has 1 aliphatic heterocycles. The van der Waals surface area contributed by atoms with Gasteiger partial charge in [0, 0.05) is 13.6 Å². The van der Waals surface area contributed by atoms with Crippen LogP contribution in [0.1, 0.15) is 23.1 Å². The molecule has 0 spiro atoms. The van der Waals surface area contributed by atoms with Crippen LogP contribution in [0.5, 0.6) is 0 Å². The van der Waals surface area contributed by atoms with E-state index in [0.717, 1.165) is 0 Å². The number of aromatic nitrogens is 2. The van der Waals surface area contributed by atoms with E-state index in [0.29, 0.717) is 36.8 Å². The Morgan fingerprint density at radius 1 is 1.59 bits per heavy atom. The molecule has 6 heteroatoms. The number of carbonyl (C=O) groups excluding carboxylic acids is 1. The topological polar surface area (TPSA) is 73.4 Å². The van der Waals surface area contributed by atoms with Crippen molar-refractivity contribution in [2.45, 2.75) is 19.9 Å². The summed E-state index contributed by atoms with van der Waals surface area (Å²) in [6.45, 7) is 5.52. The van der Waals surface area contributed by atoms with Crippen molar-refractivity contribution in [1.29, 1.82) is 0 Å². The second-order valence-corrected chi connectivity index (χ2v) is 4.39. The lowest BCUT2D eigenvalue weighted by atomic mass is 10.2. The van der Waals surface area contributed by atoms with Gasteiger partial charge in [-0.25, -0.2) is 0 Å². The Morgan fingerprint density at radius 3 is 2.82 bits per heavy atom. The Labute approximate surface area is 100 Å². The Hall–Kier alpha value is -1.56. The van der Waals surface area contributed by atoms with Crippen molar-refractivity contribution in [1.82, 2.24) is 14.7 Å². The van der Waals surface area contributed by atoms with Gasteiger partial charge in [-0.05, 0) is 13.8 Å². The molecule has 1 amide bonds. The fourth-order valence-electron chi connectivity index (χ4n) is 2.09. The fourth-order valence-corrected chi connectivity index (χ4v) is 2.09.